The standard InChI is InChI=1S/C52H76N2O8.C23H39NO4.C6H10O4/c1-35(2)47(57)59-27-25-37-21-23-41(39-31-49(5,6)53-50(7,8)32-39)43(29-37)61-45(55)19-17-15-13-14-16-18-20-46(56)62-44-30-38(26-28-60-48(58)36(3)4)22-24-42(44)40-33-51(9,10)54-52(11,12)34-40;1-17(2)20(27)28-15-10-18-19(26)16-21(3,4)23(11-14-25,22(18,5)6)24-12-8-7-9-13-24;1-9-5(7)3-4-6(8)10-2/h21-24,29-30,39-40,53-54H,1,3,13-20,25-28,31-34H2,2,4-12H3;25-26H,1,7-16H2,2-6H3;3-4H2,1-2H3. The molecule has 3 aliphatic heterocycles. The van der Waals surface area contributed by atoms with Gasteiger partial charge in [-0.05, 0) is 204 Å². The lowest BCUT2D eigenvalue weighted by molar-refractivity contribution is -0.147. The largest absolute Gasteiger partial charge is 0.512 e. The molecule has 4 aliphatic rings. The minimum absolute atomic E-state index is 0.0775. The molecule has 560 valence electrons. The maximum atomic E-state index is 13.3. The second-order valence-electron chi connectivity index (χ2n) is 32.0. The number of rotatable bonds is 31. The molecular formula is C81H125N3O16. The molecule has 0 amide bonds. The summed E-state index contributed by atoms with van der Waals surface area (Å²) in [7, 11) is 2.55. The summed E-state index contributed by atoms with van der Waals surface area (Å²) >= 11 is 0. The molecule has 3 fully saturated rings. The van der Waals surface area contributed by atoms with Crippen molar-refractivity contribution in [1.29, 1.82) is 0 Å². The molecule has 3 saturated heterocycles. The van der Waals surface area contributed by atoms with E-state index in [-0.39, 0.29) is 102 Å². The molecule has 2 aromatic rings. The number of carbonyl (C=O) groups is 7. The zero-order chi connectivity index (χ0) is 75.0. The number of carbonyl (C=O) groups excluding carboxylic acids is 7. The maximum absolute atomic E-state index is 13.3. The summed E-state index contributed by atoms with van der Waals surface area (Å²) in [6.07, 6.45) is 15.9. The number of unbranched alkanes of at least 4 members (excludes halogenated alkanes) is 5. The lowest BCUT2D eigenvalue weighted by atomic mass is 9.49. The predicted molar refractivity (Wildman–Crippen MR) is 392 cm³/mol. The summed E-state index contributed by atoms with van der Waals surface area (Å²) < 4.78 is 36.8. The van der Waals surface area contributed by atoms with Crippen LogP contribution >= 0.6 is 0 Å². The Kier molecular flexibility index (Phi) is 33.1. The first-order valence-electron chi connectivity index (χ1n) is 36.3. The number of aliphatic hydroxyl groups is 2. The molecule has 0 radical (unpaired) electrons. The Labute approximate surface area is 598 Å². The van der Waals surface area contributed by atoms with E-state index >= 15 is 0 Å². The van der Waals surface area contributed by atoms with Crippen LogP contribution in [0.4, 0.5) is 0 Å². The van der Waals surface area contributed by atoms with Crippen molar-refractivity contribution in [3.8, 4) is 11.5 Å². The first-order valence-corrected chi connectivity index (χ1v) is 36.3. The fourth-order valence-corrected chi connectivity index (χ4v) is 16.2. The zero-order valence-electron chi connectivity index (χ0n) is 64.1. The van der Waals surface area contributed by atoms with Crippen molar-refractivity contribution in [1.82, 2.24) is 15.5 Å². The number of likely N-dealkylation sites (tertiary alicyclic amines) is 1. The number of hydrogen-bond donors (Lipinski definition) is 4. The quantitative estimate of drug-likeness (QED) is 0.0180. The van der Waals surface area contributed by atoms with Gasteiger partial charge < -0.3 is 54.0 Å². The average Bonchev–Trinajstić information content (AvgIpc) is 0.699. The van der Waals surface area contributed by atoms with Gasteiger partial charge in [-0.3, -0.25) is 24.1 Å². The van der Waals surface area contributed by atoms with E-state index < -0.39 is 29.8 Å². The van der Waals surface area contributed by atoms with E-state index in [4.69, 9.17) is 23.7 Å². The molecule has 2 aromatic carbocycles. The number of hydrogen-bond acceptors (Lipinski definition) is 19. The van der Waals surface area contributed by atoms with E-state index in [0.717, 1.165) is 105 Å². The highest BCUT2D eigenvalue weighted by Gasteiger charge is 2.62. The van der Waals surface area contributed by atoms with Crippen molar-refractivity contribution in [2.24, 2.45) is 10.8 Å². The van der Waals surface area contributed by atoms with E-state index in [9.17, 15) is 43.8 Å². The number of aliphatic hydroxyl groups excluding tert-OH is 2. The van der Waals surface area contributed by atoms with Crippen LogP contribution in [0.15, 0.2) is 84.2 Å². The monoisotopic (exact) mass is 1400 g/mol. The third-order valence-electron chi connectivity index (χ3n) is 20.0. The second kappa shape index (κ2) is 38.6. The molecule has 19 nitrogen and oxygen atoms in total. The number of piperidine rings is 3. The molecule has 0 saturated carbocycles. The lowest BCUT2D eigenvalue weighted by Crippen LogP contribution is -2.69. The molecule has 19 heteroatoms. The highest BCUT2D eigenvalue weighted by atomic mass is 16.6. The van der Waals surface area contributed by atoms with Gasteiger partial charge in [0.25, 0.3) is 0 Å². The second-order valence-corrected chi connectivity index (χ2v) is 32.0. The van der Waals surface area contributed by atoms with Crippen molar-refractivity contribution < 1.29 is 76.9 Å². The van der Waals surface area contributed by atoms with Crippen LogP contribution in [0.25, 0.3) is 0 Å². The summed E-state index contributed by atoms with van der Waals surface area (Å²) in [5, 5.41) is 28.5. The van der Waals surface area contributed by atoms with Crippen molar-refractivity contribution in [3.63, 3.8) is 0 Å². The van der Waals surface area contributed by atoms with Crippen molar-refractivity contribution in [2.45, 2.75) is 285 Å². The predicted octanol–water partition coefficient (Wildman–Crippen LogP) is 15.2. The molecule has 1 atom stereocenters. The van der Waals surface area contributed by atoms with E-state index in [2.05, 4.69) is 140 Å². The summed E-state index contributed by atoms with van der Waals surface area (Å²) in [4.78, 5) is 85.6. The third kappa shape index (κ3) is 26.3. The Morgan fingerprint density at radius 2 is 0.870 bits per heavy atom. The number of nitrogens with zero attached hydrogens (tertiary/aromatic N) is 1. The van der Waals surface area contributed by atoms with Crippen LogP contribution in [0.3, 0.4) is 0 Å². The molecule has 0 bridgehead atoms. The number of esters is 7. The van der Waals surface area contributed by atoms with Crippen molar-refractivity contribution >= 4 is 41.8 Å². The molecule has 1 aliphatic carbocycles. The molecule has 4 N–H and O–H groups in total. The summed E-state index contributed by atoms with van der Waals surface area (Å²) in [5.74, 6) is -0.505. The highest BCUT2D eigenvalue weighted by molar-refractivity contribution is 5.88. The van der Waals surface area contributed by atoms with Crippen LogP contribution in [-0.4, -0.2) is 138 Å². The van der Waals surface area contributed by atoms with Gasteiger partial charge in [-0.15, -0.1) is 0 Å². The van der Waals surface area contributed by atoms with Gasteiger partial charge in [0.1, 0.15) is 11.5 Å². The van der Waals surface area contributed by atoms with Crippen molar-refractivity contribution in [2.75, 3.05) is 53.7 Å². The number of ether oxygens (including phenoxy) is 7. The molecule has 3 heterocycles. The molecule has 1 unspecified atom stereocenters. The van der Waals surface area contributed by atoms with Gasteiger partial charge in [-0.25, -0.2) is 14.4 Å². The molecule has 0 aromatic heterocycles. The molecule has 0 spiro atoms. The van der Waals surface area contributed by atoms with Crippen LogP contribution in [0, 0.1) is 10.8 Å². The van der Waals surface area contributed by atoms with E-state index in [1.165, 1.54) is 33.5 Å². The Morgan fingerprint density at radius 3 is 1.22 bits per heavy atom. The van der Waals surface area contributed by atoms with E-state index in [1.54, 1.807) is 20.8 Å². The molecular weight excluding hydrogens is 1270 g/mol. The van der Waals surface area contributed by atoms with Gasteiger partial charge in [-0.1, -0.05) is 104 Å². The fourth-order valence-electron chi connectivity index (χ4n) is 16.2. The topological polar surface area (TPSA) is 252 Å². The minimum Gasteiger partial charge on any atom is -0.512 e. The number of methoxy groups -OCH3 is 2. The van der Waals surface area contributed by atoms with Crippen LogP contribution in [0.2, 0.25) is 0 Å². The third-order valence-corrected chi connectivity index (χ3v) is 20.0. The van der Waals surface area contributed by atoms with E-state index in [1.807, 2.05) is 24.3 Å². The SMILES string of the molecule is C=C(C)C(=O)OCCC1=C(O)CC(C)(C)C(CCO)(N2CCCCC2)C1(C)C.C=C(C)C(=O)OCCc1ccc(C2CC(C)(C)NC(C)(C)C2)c(OC(=O)CCCCCCCCC(=O)Oc2cc(CCOC(=O)C(=C)C)ccc2C2CC(C)(C)NC(C)(C)C2)c1.COC(=O)CCC(=O)OC. The highest BCUT2D eigenvalue weighted by Crippen LogP contribution is 2.61. The normalized spacial score (nSPS) is 19.7. The number of benzene rings is 2. The van der Waals surface area contributed by atoms with Crippen LogP contribution in [-0.2, 0) is 70.1 Å². The number of allylic oxidation sites excluding steroid dienone is 1. The van der Waals surface area contributed by atoms with Gasteiger partial charge in [0.2, 0.25) is 0 Å². The zero-order valence-corrected chi connectivity index (χ0v) is 64.1. The van der Waals surface area contributed by atoms with Gasteiger partial charge >= 0.3 is 41.8 Å². The van der Waals surface area contributed by atoms with Gasteiger partial charge in [0.05, 0.1) is 52.6 Å². The maximum Gasteiger partial charge on any atom is 0.333 e. The van der Waals surface area contributed by atoms with Gasteiger partial charge in [0, 0.05) is 95.0 Å². The average molecular weight is 1400 g/mol. The molecule has 6 rings (SSSR count). The Morgan fingerprint density at radius 1 is 0.510 bits per heavy atom. The summed E-state index contributed by atoms with van der Waals surface area (Å²) in [6.45, 7) is 45.1. The summed E-state index contributed by atoms with van der Waals surface area (Å²) in [5.41, 5.74) is 4.84. The minimum atomic E-state index is -0.416. The van der Waals surface area contributed by atoms with Gasteiger partial charge in [0.15, 0.2) is 0 Å². The van der Waals surface area contributed by atoms with Crippen molar-refractivity contribution in [3.05, 3.63) is 106 Å². The Hall–Kier alpha value is -6.67. The van der Waals surface area contributed by atoms with E-state index in [0.29, 0.717) is 78.9 Å². The lowest BCUT2D eigenvalue weighted by Gasteiger charge is -2.65. The summed E-state index contributed by atoms with van der Waals surface area (Å²) in [6, 6.07) is 12.1. The Bertz CT molecular complexity index is 3000. The smallest absolute Gasteiger partial charge is 0.333 e. The Balaban J connectivity index is 0.000000456. The van der Waals surface area contributed by atoms with Crippen LogP contribution in [0.5, 0.6) is 11.5 Å². The van der Waals surface area contributed by atoms with Crippen LogP contribution < -0.4 is 20.1 Å². The molecule has 100 heavy (non-hydrogen) atoms. The fraction of sp³-hybridized carbons (Fsp3) is 0.667. The number of nitrogens with one attached hydrogen (secondary N) is 2. The first-order chi connectivity index (χ1) is 46.6. The van der Waals surface area contributed by atoms with Crippen LogP contribution in [0.1, 0.15) is 266 Å². The van der Waals surface area contributed by atoms with Gasteiger partial charge in [-0.2, -0.15) is 0 Å². The first kappa shape index (κ1) is 85.7.